The molecule has 1 saturated heterocycles. The van der Waals surface area contributed by atoms with Crippen LogP contribution in [0.2, 0.25) is 0 Å². The molecule has 1 unspecified atom stereocenters. The van der Waals surface area contributed by atoms with Crippen molar-refractivity contribution >= 4 is 5.65 Å². The van der Waals surface area contributed by atoms with Crippen LogP contribution in [0.25, 0.3) is 5.65 Å². The number of rotatable bonds is 3. The Morgan fingerprint density at radius 3 is 3.00 bits per heavy atom. The van der Waals surface area contributed by atoms with Gasteiger partial charge in [0.2, 0.25) is 0 Å². The van der Waals surface area contributed by atoms with Crippen LogP contribution in [-0.4, -0.2) is 39.2 Å². The first kappa shape index (κ1) is 16.1. The van der Waals surface area contributed by atoms with Crippen molar-refractivity contribution in [3.63, 3.8) is 0 Å². The van der Waals surface area contributed by atoms with Crippen LogP contribution in [-0.2, 0) is 11.3 Å². The lowest BCUT2D eigenvalue weighted by Gasteiger charge is -2.33. The molecule has 0 radical (unpaired) electrons. The summed E-state index contributed by atoms with van der Waals surface area (Å²) < 4.78 is 7.45. The van der Waals surface area contributed by atoms with Gasteiger partial charge in [-0.3, -0.25) is 14.8 Å². The zero-order valence-corrected chi connectivity index (χ0v) is 14.5. The molecule has 6 heteroatoms. The lowest BCUT2D eigenvalue weighted by Crippen LogP contribution is -2.38. The number of H-pyrrole nitrogens is 1. The van der Waals surface area contributed by atoms with E-state index in [0.717, 1.165) is 18.8 Å². The number of ether oxygens (including phenoxy) is 1. The summed E-state index contributed by atoms with van der Waals surface area (Å²) in [5, 5.41) is 2.87. The van der Waals surface area contributed by atoms with Crippen molar-refractivity contribution in [2.45, 2.75) is 26.5 Å². The van der Waals surface area contributed by atoms with Crippen molar-refractivity contribution in [1.82, 2.24) is 19.5 Å². The molecular formula is C19H22N4O2. The van der Waals surface area contributed by atoms with Gasteiger partial charge in [-0.1, -0.05) is 23.8 Å². The molecule has 1 aliphatic heterocycles. The van der Waals surface area contributed by atoms with Crippen LogP contribution in [0.3, 0.4) is 0 Å². The molecule has 1 N–H and O–H groups in total. The predicted octanol–water partition coefficient (Wildman–Crippen LogP) is 2.21. The number of aromatic amines is 1. The Morgan fingerprint density at radius 2 is 2.16 bits per heavy atom. The summed E-state index contributed by atoms with van der Waals surface area (Å²) in [6.45, 7) is 7.22. The number of nitrogens with zero attached hydrogens (tertiary/aromatic N) is 3. The lowest BCUT2D eigenvalue weighted by molar-refractivity contribution is -0.0335. The molecule has 6 nitrogen and oxygen atoms in total. The summed E-state index contributed by atoms with van der Waals surface area (Å²) >= 11 is 0. The SMILES string of the molecule is Cc1ccc(C2CN(Cc3cc(=O)n4[nH]ccc4n3)CCO2)c(C)c1. The van der Waals surface area contributed by atoms with E-state index in [1.807, 2.05) is 6.07 Å². The number of hydrogen-bond acceptors (Lipinski definition) is 4. The van der Waals surface area contributed by atoms with E-state index in [9.17, 15) is 4.79 Å². The minimum atomic E-state index is -0.0795. The minimum Gasteiger partial charge on any atom is -0.371 e. The maximum atomic E-state index is 12.1. The second-order valence-electron chi connectivity index (χ2n) is 6.70. The Morgan fingerprint density at radius 1 is 1.28 bits per heavy atom. The molecule has 1 fully saturated rings. The zero-order chi connectivity index (χ0) is 17.4. The zero-order valence-electron chi connectivity index (χ0n) is 14.5. The van der Waals surface area contributed by atoms with Gasteiger partial charge in [0.1, 0.15) is 0 Å². The molecule has 130 valence electrons. The van der Waals surface area contributed by atoms with E-state index >= 15 is 0 Å². The Kier molecular flexibility index (Phi) is 4.15. The van der Waals surface area contributed by atoms with E-state index in [1.165, 1.54) is 21.2 Å². The summed E-state index contributed by atoms with van der Waals surface area (Å²) in [5.41, 5.74) is 5.14. The number of aromatic nitrogens is 3. The Hall–Kier alpha value is -2.44. The van der Waals surface area contributed by atoms with Gasteiger partial charge in [-0.05, 0) is 25.0 Å². The van der Waals surface area contributed by atoms with Crippen LogP contribution < -0.4 is 5.56 Å². The van der Waals surface area contributed by atoms with Gasteiger partial charge in [0.15, 0.2) is 5.65 Å². The van der Waals surface area contributed by atoms with Gasteiger partial charge in [-0.2, -0.15) is 0 Å². The highest BCUT2D eigenvalue weighted by Crippen LogP contribution is 2.26. The van der Waals surface area contributed by atoms with E-state index in [4.69, 9.17) is 4.74 Å². The van der Waals surface area contributed by atoms with Crippen molar-refractivity contribution in [3.8, 4) is 0 Å². The highest BCUT2D eigenvalue weighted by atomic mass is 16.5. The molecule has 1 aromatic carbocycles. The maximum absolute atomic E-state index is 12.1. The summed E-state index contributed by atoms with van der Waals surface area (Å²) in [7, 11) is 0. The number of benzene rings is 1. The normalized spacial score (nSPS) is 18.7. The van der Waals surface area contributed by atoms with Gasteiger partial charge in [0.25, 0.3) is 5.56 Å². The highest BCUT2D eigenvalue weighted by Gasteiger charge is 2.23. The van der Waals surface area contributed by atoms with Gasteiger partial charge in [-0.15, -0.1) is 0 Å². The van der Waals surface area contributed by atoms with Crippen LogP contribution >= 0.6 is 0 Å². The molecule has 0 aliphatic carbocycles. The van der Waals surface area contributed by atoms with E-state index in [-0.39, 0.29) is 11.7 Å². The maximum Gasteiger partial charge on any atom is 0.272 e. The minimum absolute atomic E-state index is 0.0615. The standard InChI is InChI=1S/C19H22N4O2/c1-13-3-4-16(14(2)9-13)17-12-22(7-8-25-17)11-15-10-19(24)23-18(21-15)5-6-20-23/h3-6,9-10,17,20H,7-8,11-12H2,1-2H3. The molecule has 3 heterocycles. The Bertz CT molecular complexity index is 959. The second-order valence-corrected chi connectivity index (χ2v) is 6.70. The predicted molar refractivity (Wildman–Crippen MR) is 95.7 cm³/mol. The van der Waals surface area contributed by atoms with E-state index < -0.39 is 0 Å². The summed E-state index contributed by atoms with van der Waals surface area (Å²) in [6.07, 6.45) is 1.78. The van der Waals surface area contributed by atoms with Gasteiger partial charge in [-0.25, -0.2) is 9.50 Å². The van der Waals surface area contributed by atoms with Crippen LogP contribution in [0.5, 0.6) is 0 Å². The van der Waals surface area contributed by atoms with Gasteiger partial charge in [0.05, 0.1) is 18.4 Å². The molecule has 25 heavy (non-hydrogen) atoms. The molecule has 1 aliphatic rings. The molecular weight excluding hydrogens is 316 g/mol. The van der Waals surface area contributed by atoms with Crippen LogP contribution in [0, 0.1) is 13.8 Å². The van der Waals surface area contributed by atoms with Gasteiger partial charge < -0.3 is 4.74 Å². The number of morpholine rings is 1. The summed E-state index contributed by atoms with van der Waals surface area (Å²) in [5.74, 6) is 0. The molecule has 3 aromatic rings. The first-order valence-electron chi connectivity index (χ1n) is 8.57. The topological polar surface area (TPSA) is 62.6 Å². The smallest absolute Gasteiger partial charge is 0.272 e. The fourth-order valence-electron chi connectivity index (χ4n) is 3.51. The van der Waals surface area contributed by atoms with Crippen molar-refractivity contribution in [3.05, 3.63) is 69.3 Å². The number of aryl methyl sites for hydroxylation is 2. The van der Waals surface area contributed by atoms with Crippen molar-refractivity contribution in [2.75, 3.05) is 19.7 Å². The molecule has 0 spiro atoms. The third-order valence-electron chi connectivity index (χ3n) is 4.74. The van der Waals surface area contributed by atoms with Crippen LogP contribution in [0.4, 0.5) is 0 Å². The van der Waals surface area contributed by atoms with Gasteiger partial charge >= 0.3 is 0 Å². The Labute approximate surface area is 146 Å². The van der Waals surface area contributed by atoms with Crippen molar-refractivity contribution < 1.29 is 4.74 Å². The fraction of sp³-hybridized carbons (Fsp3) is 0.368. The van der Waals surface area contributed by atoms with Crippen molar-refractivity contribution in [2.24, 2.45) is 0 Å². The molecule has 1 atom stereocenters. The fourth-order valence-corrected chi connectivity index (χ4v) is 3.51. The lowest BCUT2D eigenvalue weighted by atomic mass is 10.00. The molecule has 0 saturated carbocycles. The van der Waals surface area contributed by atoms with Crippen LogP contribution in [0.1, 0.15) is 28.5 Å². The quantitative estimate of drug-likeness (QED) is 0.795. The number of fused-ring (bicyclic) bond motifs is 1. The second kappa shape index (κ2) is 6.46. The average Bonchev–Trinajstić information content (AvgIpc) is 3.04. The van der Waals surface area contributed by atoms with Gasteiger partial charge in [0, 0.05) is 38.0 Å². The monoisotopic (exact) mass is 338 g/mol. The molecule has 4 rings (SSSR count). The molecule has 0 amide bonds. The van der Waals surface area contributed by atoms with Crippen molar-refractivity contribution in [1.29, 1.82) is 0 Å². The summed E-state index contributed by atoms with van der Waals surface area (Å²) in [4.78, 5) is 19.0. The molecule has 0 bridgehead atoms. The number of nitrogens with one attached hydrogen (secondary N) is 1. The summed E-state index contributed by atoms with van der Waals surface area (Å²) in [6, 6.07) is 9.90. The molecule has 2 aromatic heterocycles. The van der Waals surface area contributed by atoms with E-state index in [1.54, 1.807) is 12.3 Å². The Balaban J connectivity index is 1.53. The highest BCUT2D eigenvalue weighted by molar-refractivity contribution is 5.36. The van der Waals surface area contributed by atoms with E-state index in [0.29, 0.717) is 18.8 Å². The third-order valence-corrected chi connectivity index (χ3v) is 4.74. The van der Waals surface area contributed by atoms with E-state index in [2.05, 4.69) is 47.0 Å². The number of hydrogen-bond donors (Lipinski definition) is 1. The average molecular weight is 338 g/mol. The first-order chi connectivity index (χ1) is 12.1. The third kappa shape index (κ3) is 3.23. The first-order valence-corrected chi connectivity index (χ1v) is 8.57. The largest absolute Gasteiger partial charge is 0.371 e. The van der Waals surface area contributed by atoms with Crippen LogP contribution in [0.15, 0.2) is 41.3 Å².